The van der Waals surface area contributed by atoms with Crippen LogP contribution in [0.3, 0.4) is 0 Å². The first-order valence-electron chi connectivity index (χ1n) is 6.48. The van der Waals surface area contributed by atoms with Gasteiger partial charge >= 0.3 is 0 Å². The molecule has 0 bridgehead atoms. The smallest absolute Gasteiger partial charge is 0.127 e. The van der Waals surface area contributed by atoms with E-state index in [2.05, 4.69) is 24.1 Å². The Balaban J connectivity index is 2.03. The van der Waals surface area contributed by atoms with Crippen molar-refractivity contribution in [1.82, 2.24) is 4.90 Å². The Hall–Kier alpha value is -1.84. The number of rotatable bonds is 6. The lowest BCUT2D eigenvalue weighted by molar-refractivity contribution is 0.335. The monoisotopic (exact) mass is 256 g/mol. The maximum absolute atomic E-state index is 5.82. The van der Waals surface area contributed by atoms with E-state index in [1.165, 1.54) is 5.56 Å². The summed E-state index contributed by atoms with van der Waals surface area (Å²) in [5, 5.41) is 0. The van der Waals surface area contributed by atoms with Gasteiger partial charge in [0.25, 0.3) is 0 Å². The van der Waals surface area contributed by atoms with Crippen LogP contribution < -0.4 is 10.5 Å². The molecule has 0 unspecified atom stereocenters. The Morgan fingerprint density at radius 3 is 2.47 bits per heavy atom. The summed E-state index contributed by atoms with van der Waals surface area (Å²) < 4.78 is 5.82. The van der Waals surface area contributed by atoms with E-state index in [1.807, 2.05) is 42.5 Å². The van der Waals surface area contributed by atoms with Crippen molar-refractivity contribution in [2.24, 2.45) is 5.73 Å². The van der Waals surface area contributed by atoms with Crippen molar-refractivity contribution in [2.75, 3.05) is 20.1 Å². The van der Waals surface area contributed by atoms with Crippen molar-refractivity contribution in [2.45, 2.75) is 6.54 Å². The first-order chi connectivity index (χ1) is 9.28. The van der Waals surface area contributed by atoms with Crippen LogP contribution in [0, 0.1) is 0 Å². The average Bonchev–Trinajstić information content (AvgIpc) is 2.40. The van der Waals surface area contributed by atoms with Crippen molar-refractivity contribution < 1.29 is 4.74 Å². The Morgan fingerprint density at radius 1 is 1.00 bits per heavy atom. The molecule has 3 heteroatoms. The number of para-hydroxylation sites is 1. The minimum Gasteiger partial charge on any atom is -0.457 e. The molecule has 100 valence electrons. The fourth-order valence-corrected chi connectivity index (χ4v) is 1.94. The summed E-state index contributed by atoms with van der Waals surface area (Å²) in [6, 6.07) is 18.0. The summed E-state index contributed by atoms with van der Waals surface area (Å²) in [6.45, 7) is 2.45. The summed E-state index contributed by atoms with van der Waals surface area (Å²) in [5.41, 5.74) is 6.78. The van der Waals surface area contributed by atoms with Gasteiger partial charge in [-0.2, -0.15) is 0 Å². The third-order valence-corrected chi connectivity index (χ3v) is 2.84. The van der Waals surface area contributed by atoms with E-state index in [9.17, 15) is 0 Å². The third-order valence-electron chi connectivity index (χ3n) is 2.84. The summed E-state index contributed by atoms with van der Waals surface area (Å²) in [7, 11) is 2.07. The first kappa shape index (κ1) is 13.6. The van der Waals surface area contributed by atoms with Gasteiger partial charge < -0.3 is 15.4 Å². The highest BCUT2D eigenvalue weighted by atomic mass is 16.5. The van der Waals surface area contributed by atoms with Gasteiger partial charge in [0.1, 0.15) is 11.5 Å². The lowest BCUT2D eigenvalue weighted by Gasteiger charge is -2.16. The maximum Gasteiger partial charge on any atom is 0.127 e. The molecule has 19 heavy (non-hydrogen) atoms. The summed E-state index contributed by atoms with van der Waals surface area (Å²) >= 11 is 0. The van der Waals surface area contributed by atoms with E-state index in [0.29, 0.717) is 6.54 Å². The van der Waals surface area contributed by atoms with Crippen LogP contribution in [0.2, 0.25) is 0 Å². The van der Waals surface area contributed by atoms with Crippen LogP contribution >= 0.6 is 0 Å². The van der Waals surface area contributed by atoms with Gasteiger partial charge in [-0.1, -0.05) is 30.3 Å². The standard InChI is InChI=1S/C16H20N2O/c1-18(11-10-17)13-14-6-5-9-16(12-14)19-15-7-3-2-4-8-15/h2-9,12H,10-11,13,17H2,1H3. The molecule has 0 fully saturated rings. The Labute approximate surface area is 114 Å². The summed E-state index contributed by atoms with van der Waals surface area (Å²) in [6.07, 6.45) is 0. The number of hydrogen-bond donors (Lipinski definition) is 1. The van der Waals surface area contributed by atoms with Crippen LogP contribution in [0.15, 0.2) is 54.6 Å². The van der Waals surface area contributed by atoms with Crippen molar-refractivity contribution in [3.05, 3.63) is 60.2 Å². The van der Waals surface area contributed by atoms with E-state index in [0.717, 1.165) is 24.6 Å². The lowest BCUT2D eigenvalue weighted by Crippen LogP contribution is -2.24. The molecule has 0 aromatic heterocycles. The zero-order chi connectivity index (χ0) is 13.5. The number of benzene rings is 2. The van der Waals surface area contributed by atoms with Gasteiger partial charge in [0, 0.05) is 19.6 Å². The van der Waals surface area contributed by atoms with E-state index in [4.69, 9.17) is 10.5 Å². The molecule has 0 heterocycles. The van der Waals surface area contributed by atoms with Gasteiger partial charge in [-0.15, -0.1) is 0 Å². The topological polar surface area (TPSA) is 38.5 Å². The molecule has 0 saturated heterocycles. The van der Waals surface area contributed by atoms with Gasteiger partial charge in [0.15, 0.2) is 0 Å². The van der Waals surface area contributed by atoms with Gasteiger partial charge in [-0.25, -0.2) is 0 Å². The fourth-order valence-electron chi connectivity index (χ4n) is 1.94. The third kappa shape index (κ3) is 4.39. The minimum absolute atomic E-state index is 0.677. The SMILES string of the molecule is CN(CCN)Cc1cccc(Oc2ccccc2)c1. The molecular weight excluding hydrogens is 236 g/mol. The molecule has 0 spiro atoms. The van der Waals surface area contributed by atoms with Crippen molar-refractivity contribution in [3.63, 3.8) is 0 Å². The molecule has 0 amide bonds. The van der Waals surface area contributed by atoms with Crippen LogP contribution in [0.5, 0.6) is 11.5 Å². The number of ether oxygens (including phenoxy) is 1. The van der Waals surface area contributed by atoms with E-state index < -0.39 is 0 Å². The first-order valence-corrected chi connectivity index (χ1v) is 6.48. The largest absolute Gasteiger partial charge is 0.457 e. The zero-order valence-electron chi connectivity index (χ0n) is 11.3. The van der Waals surface area contributed by atoms with E-state index >= 15 is 0 Å². The highest BCUT2D eigenvalue weighted by Crippen LogP contribution is 2.22. The lowest BCUT2D eigenvalue weighted by atomic mass is 10.2. The van der Waals surface area contributed by atoms with Crippen LogP contribution in [-0.4, -0.2) is 25.0 Å². The van der Waals surface area contributed by atoms with Crippen LogP contribution in [0.4, 0.5) is 0 Å². The second kappa shape index (κ2) is 6.92. The van der Waals surface area contributed by atoms with Gasteiger partial charge in [0.2, 0.25) is 0 Å². The maximum atomic E-state index is 5.82. The molecule has 0 aliphatic rings. The van der Waals surface area contributed by atoms with E-state index in [-0.39, 0.29) is 0 Å². The molecule has 2 aromatic carbocycles. The van der Waals surface area contributed by atoms with Crippen LogP contribution in [0.1, 0.15) is 5.56 Å². The Morgan fingerprint density at radius 2 is 1.74 bits per heavy atom. The molecule has 2 N–H and O–H groups in total. The van der Waals surface area contributed by atoms with Crippen LogP contribution in [-0.2, 0) is 6.54 Å². The molecule has 0 aliphatic heterocycles. The zero-order valence-corrected chi connectivity index (χ0v) is 11.3. The van der Waals surface area contributed by atoms with Crippen molar-refractivity contribution in [3.8, 4) is 11.5 Å². The van der Waals surface area contributed by atoms with E-state index in [1.54, 1.807) is 0 Å². The number of likely N-dealkylation sites (N-methyl/N-ethyl adjacent to an activating group) is 1. The summed E-state index contributed by atoms with van der Waals surface area (Å²) in [5.74, 6) is 1.72. The molecule has 2 rings (SSSR count). The van der Waals surface area contributed by atoms with Crippen LogP contribution in [0.25, 0.3) is 0 Å². The average molecular weight is 256 g/mol. The molecule has 2 aromatic rings. The number of nitrogens with two attached hydrogens (primary N) is 1. The van der Waals surface area contributed by atoms with Crippen molar-refractivity contribution in [1.29, 1.82) is 0 Å². The predicted octanol–water partition coefficient (Wildman–Crippen LogP) is 2.87. The Bertz CT molecular complexity index is 499. The molecule has 3 nitrogen and oxygen atoms in total. The molecule has 0 saturated carbocycles. The normalized spacial score (nSPS) is 10.7. The second-order valence-corrected chi connectivity index (χ2v) is 4.59. The quantitative estimate of drug-likeness (QED) is 0.863. The molecule has 0 radical (unpaired) electrons. The molecule has 0 aliphatic carbocycles. The fraction of sp³-hybridized carbons (Fsp3) is 0.250. The van der Waals surface area contributed by atoms with Gasteiger partial charge in [-0.05, 0) is 36.9 Å². The second-order valence-electron chi connectivity index (χ2n) is 4.59. The highest BCUT2D eigenvalue weighted by molar-refractivity contribution is 5.33. The van der Waals surface area contributed by atoms with Crippen molar-refractivity contribution >= 4 is 0 Å². The predicted molar refractivity (Wildman–Crippen MR) is 78.3 cm³/mol. The number of hydrogen-bond acceptors (Lipinski definition) is 3. The highest BCUT2D eigenvalue weighted by Gasteiger charge is 2.02. The molecular formula is C16H20N2O. The number of nitrogens with zero attached hydrogens (tertiary/aromatic N) is 1. The van der Waals surface area contributed by atoms with Gasteiger partial charge in [-0.3, -0.25) is 0 Å². The minimum atomic E-state index is 0.677. The summed E-state index contributed by atoms with van der Waals surface area (Å²) in [4.78, 5) is 2.20. The molecule has 0 atom stereocenters. The Kier molecular flexibility index (Phi) is 4.95. The van der Waals surface area contributed by atoms with Gasteiger partial charge in [0.05, 0.1) is 0 Å².